The Kier molecular flexibility index (Phi) is 6.08. The molecule has 0 bridgehead atoms. The fourth-order valence-corrected chi connectivity index (χ4v) is 3.32. The van der Waals surface area contributed by atoms with Crippen molar-refractivity contribution >= 4 is 17.4 Å². The van der Waals surface area contributed by atoms with E-state index in [1.165, 1.54) is 32.1 Å². The largest absolute Gasteiger partial charge is 0.370 e. The Morgan fingerprint density at radius 1 is 1.35 bits per heavy atom. The van der Waals surface area contributed by atoms with Gasteiger partial charge in [-0.05, 0) is 31.1 Å². The third-order valence-electron chi connectivity index (χ3n) is 4.12. The lowest BCUT2D eigenvalue weighted by atomic mass is 9.81. The average molecular weight is 296 g/mol. The highest BCUT2D eigenvalue weighted by atomic mass is 35.5. The molecule has 0 saturated heterocycles. The van der Waals surface area contributed by atoms with E-state index in [9.17, 15) is 0 Å². The molecule has 2 unspecified atom stereocenters. The third-order valence-corrected chi connectivity index (χ3v) is 4.31. The molecule has 1 fully saturated rings. The summed E-state index contributed by atoms with van der Waals surface area (Å²) in [5, 5.41) is 3.95. The lowest BCUT2D eigenvalue weighted by Gasteiger charge is -2.26. The molecule has 1 N–H and O–H groups in total. The molecule has 1 aromatic heterocycles. The first-order valence-electron chi connectivity index (χ1n) is 7.94. The van der Waals surface area contributed by atoms with Crippen molar-refractivity contribution in [2.45, 2.75) is 58.8 Å². The van der Waals surface area contributed by atoms with Crippen LogP contribution in [0.15, 0.2) is 6.07 Å². The van der Waals surface area contributed by atoms with E-state index in [2.05, 4.69) is 29.1 Å². The van der Waals surface area contributed by atoms with Crippen molar-refractivity contribution in [2.24, 2.45) is 11.8 Å². The van der Waals surface area contributed by atoms with Crippen LogP contribution in [0.2, 0.25) is 5.15 Å². The lowest BCUT2D eigenvalue weighted by molar-refractivity contribution is 0.274. The van der Waals surface area contributed by atoms with E-state index in [0.29, 0.717) is 5.15 Å². The molecule has 1 saturated carbocycles. The summed E-state index contributed by atoms with van der Waals surface area (Å²) in [4.78, 5) is 8.76. The Hall–Kier alpha value is -0.830. The van der Waals surface area contributed by atoms with Gasteiger partial charge in [-0.25, -0.2) is 9.97 Å². The molecule has 1 aliphatic rings. The van der Waals surface area contributed by atoms with Crippen LogP contribution < -0.4 is 5.32 Å². The van der Waals surface area contributed by atoms with Gasteiger partial charge in [-0.1, -0.05) is 44.7 Å². The van der Waals surface area contributed by atoms with E-state index in [1.807, 2.05) is 6.07 Å². The summed E-state index contributed by atoms with van der Waals surface area (Å²) >= 11 is 6.04. The topological polar surface area (TPSA) is 37.8 Å². The number of rotatable bonds is 6. The van der Waals surface area contributed by atoms with Crippen LogP contribution in [0.5, 0.6) is 0 Å². The van der Waals surface area contributed by atoms with Crippen molar-refractivity contribution in [3.63, 3.8) is 0 Å². The molecule has 20 heavy (non-hydrogen) atoms. The van der Waals surface area contributed by atoms with Gasteiger partial charge in [0, 0.05) is 19.0 Å². The molecule has 0 spiro atoms. The first kappa shape index (κ1) is 15.6. The Labute approximate surface area is 127 Å². The maximum atomic E-state index is 6.04. The van der Waals surface area contributed by atoms with Crippen molar-refractivity contribution in [3.8, 4) is 0 Å². The minimum Gasteiger partial charge on any atom is -0.370 e. The number of aromatic nitrogens is 2. The number of hydrogen-bond donors (Lipinski definition) is 1. The molecule has 1 aliphatic carbocycles. The van der Waals surface area contributed by atoms with Gasteiger partial charge in [0.25, 0.3) is 0 Å². The van der Waals surface area contributed by atoms with Crippen molar-refractivity contribution in [3.05, 3.63) is 17.0 Å². The maximum absolute atomic E-state index is 6.04. The van der Waals surface area contributed by atoms with Crippen molar-refractivity contribution in [1.29, 1.82) is 0 Å². The maximum Gasteiger partial charge on any atom is 0.134 e. The standard InChI is InChI=1S/C16H26ClN3/c1-3-5-15-19-14(17)11-16(20-15)18-9-8-13-7-4-6-12(2)10-13/h11-13H,3-10H2,1-2H3,(H,18,19,20). The number of nitrogens with one attached hydrogen (secondary N) is 1. The quantitative estimate of drug-likeness (QED) is 0.772. The fourth-order valence-electron chi connectivity index (χ4n) is 3.12. The highest BCUT2D eigenvalue weighted by Gasteiger charge is 2.18. The smallest absolute Gasteiger partial charge is 0.134 e. The molecule has 3 nitrogen and oxygen atoms in total. The third kappa shape index (κ3) is 4.93. The van der Waals surface area contributed by atoms with Crippen molar-refractivity contribution in [2.75, 3.05) is 11.9 Å². The minimum atomic E-state index is 0.539. The molecule has 2 rings (SSSR count). The van der Waals surface area contributed by atoms with Crippen LogP contribution in [-0.4, -0.2) is 16.5 Å². The fraction of sp³-hybridized carbons (Fsp3) is 0.750. The number of nitrogens with zero attached hydrogens (tertiary/aromatic N) is 2. The van der Waals surface area contributed by atoms with Gasteiger partial charge in [0.2, 0.25) is 0 Å². The molecule has 0 amide bonds. The van der Waals surface area contributed by atoms with Gasteiger partial charge in [0.05, 0.1) is 0 Å². The molecule has 0 aromatic carbocycles. The van der Waals surface area contributed by atoms with Crippen LogP contribution >= 0.6 is 11.6 Å². The number of halogens is 1. The predicted octanol–water partition coefficient (Wildman–Crippen LogP) is 4.71. The summed E-state index contributed by atoms with van der Waals surface area (Å²) in [5.74, 6) is 3.49. The predicted molar refractivity (Wildman–Crippen MR) is 85.3 cm³/mol. The van der Waals surface area contributed by atoms with Crippen LogP contribution in [0.1, 0.15) is 58.2 Å². The normalized spacial score (nSPS) is 22.8. The Morgan fingerprint density at radius 3 is 2.95 bits per heavy atom. The number of hydrogen-bond acceptors (Lipinski definition) is 3. The first-order valence-corrected chi connectivity index (χ1v) is 8.32. The van der Waals surface area contributed by atoms with Crippen molar-refractivity contribution in [1.82, 2.24) is 9.97 Å². The van der Waals surface area contributed by atoms with E-state index in [0.717, 1.165) is 42.9 Å². The second-order valence-electron chi connectivity index (χ2n) is 6.10. The van der Waals surface area contributed by atoms with E-state index in [1.54, 1.807) is 0 Å². The minimum absolute atomic E-state index is 0.539. The van der Waals surface area contributed by atoms with Gasteiger partial charge in [0.1, 0.15) is 16.8 Å². The summed E-state index contributed by atoms with van der Waals surface area (Å²) in [6, 6.07) is 1.82. The second-order valence-corrected chi connectivity index (χ2v) is 6.48. The Balaban J connectivity index is 1.81. The van der Waals surface area contributed by atoms with E-state index >= 15 is 0 Å². The van der Waals surface area contributed by atoms with Crippen LogP contribution in [-0.2, 0) is 6.42 Å². The van der Waals surface area contributed by atoms with Gasteiger partial charge in [0.15, 0.2) is 0 Å². The monoisotopic (exact) mass is 295 g/mol. The summed E-state index contributed by atoms with van der Waals surface area (Å²) < 4.78 is 0. The first-order chi connectivity index (χ1) is 9.67. The van der Waals surface area contributed by atoms with Crippen molar-refractivity contribution < 1.29 is 0 Å². The van der Waals surface area contributed by atoms with E-state index in [-0.39, 0.29) is 0 Å². The molecule has 4 heteroatoms. The van der Waals surface area contributed by atoms with Crippen LogP contribution in [0.4, 0.5) is 5.82 Å². The molecular formula is C16H26ClN3. The summed E-state index contributed by atoms with van der Waals surface area (Å²) in [5.41, 5.74) is 0. The molecular weight excluding hydrogens is 270 g/mol. The Morgan fingerprint density at radius 2 is 2.20 bits per heavy atom. The zero-order chi connectivity index (χ0) is 14.4. The highest BCUT2D eigenvalue weighted by Crippen LogP contribution is 2.30. The molecule has 112 valence electrons. The van der Waals surface area contributed by atoms with Gasteiger partial charge < -0.3 is 5.32 Å². The molecule has 2 atom stereocenters. The van der Waals surface area contributed by atoms with E-state index < -0.39 is 0 Å². The summed E-state index contributed by atoms with van der Waals surface area (Å²) in [6.45, 7) is 5.48. The molecule has 1 heterocycles. The summed E-state index contributed by atoms with van der Waals surface area (Å²) in [6.07, 6.45) is 8.73. The average Bonchev–Trinajstić information content (AvgIpc) is 2.38. The van der Waals surface area contributed by atoms with Gasteiger partial charge in [-0.15, -0.1) is 0 Å². The number of aryl methyl sites for hydroxylation is 1. The molecule has 0 radical (unpaired) electrons. The van der Waals surface area contributed by atoms with Crippen LogP contribution in [0.25, 0.3) is 0 Å². The zero-order valence-electron chi connectivity index (χ0n) is 12.7. The SMILES string of the molecule is CCCc1nc(Cl)cc(NCCC2CCCC(C)C2)n1. The Bertz CT molecular complexity index is 422. The van der Waals surface area contributed by atoms with E-state index in [4.69, 9.17) is 11.6 Å². The van der Waals surface area contributed by atoms with Gasteiger partial charge >= 0.3 is 0 Å². The number of anilines is 1. The van der Waals surface area contributed by atoms with Crippen LogP contribution in [0.3, 0.4) is 0 Å². The second kappa shape index (κ2) is 7.82. The lowest BCUT2D eigenvalue weighted by Crippen LogP contribution is -2.17. The highest BCUT2D eigenvalue weighted by molar-refractivity contribution is 6.29. The van der Waals surface area contributed by atoms with Crippen LogP contribution in [0, 0.1) is 11.8 Å². The summed E-state index contributed by atoms with van der Waals surface area (Å²) in [7, 11) is 0. The van der Waals surface area contributed by atoms with Gasteiger partial charge in [-0.2, -0.15) is 0 Å². The zero-order valence-corrected chi connectivity index (χ0v) is 13.4. The molecule has 1 aromatic rings. The molecule has 0 aliphatic heterocycles. The van der Waals surface area contributed by atoms with Gasteiger partial charge in [-0.3, -0.25) is 0 Å².